The van der Waals surface area contributed by atoms with Crippen LogP contribution >= 0.6 is 18.6 Å². The second kappa shape index (κ2) is 17.6. The Kier molecular flexibility index (Phi) is 13.4. The molecular formula is C52H45F18N2PS. The fourth-order valence-corrected chi connectivity index (χ4v) is 13.9. The number of likely N-dealkylation sites (N-methyl/N-ethyl adjacent to an activating group) is 1. The van der Waals surface area contributed by atoms with Gasteiger partial charge in [0.1, 0.15) is 7.05 Å². The van der Waals surface area contributed by atoms with Gasteiger partial charge in [-0.15, -0.1) is 0 Å². The van der Waals surface area contributed by atoms with Crippen LogP contribution in [0.4, 0.5) is 89.8 Å². The van der Waals surface area contributed by atoms with Gasteiger partial charge in [-0.2, -0.15) is 4.58 Å². The molecule has 0 atom stereocenters. The first kappa shape index (κ1) is 56.3. The number of thioether (sulfide) groups is 1. The molecule has 0 bridgehead atoms. The van der Waals surface area contributed by atoms with Crippen molar-refractivity contribution < 1.29 is 83.0 Å². The molecule has 0 N–H and O–H groups in total. The second-order valence-corrected chi connectivity index (χ2v) is 24.6. The van der Waals surface area contributed by atoms with E-state index in [1.54, 1.807) is 0 Å². The molecule has 0 fully saturated rings. The van der Waals surface area contributed by atoms with E-state index in [0.29, 0.717) is 0 Å². The summed E-state index contributed by atoms with van der Waals surface area (Å²) < 4.78 is 225. The summed E-state index contributed by atoms with van der Waals surface area (Å²) in [5, 5.41) is 5.32. The van der Waals surface area contributed by atoms with Gasteiger partial charge in [-0.1, -0.05) is 111 Å². The van der Waals surface area contributed by atoms with Crippen molar-refractivity contribution in [1.82, 2.24) is 0 Å². The number of halogens is 18. The Bertz CT molecular complexity index is 3140. The normalized spacial score (nSPS) is 19.8. The zero-order chi connectivity index (χ0) is 55.3. The third kappa shape index (κ3) is 7.88. The van der Waals surface area contributed by atoms with E-state index in [0.717, 1.165) is 19.3 Å². The molecule has 0 saturated heterocycles. The monoisotopic (exact) mass is 1100 g/mol. The number of rotatable bonds is 8. The number of benzene rings is 5. The maximum absolute atomic E-state index is 15.0. The fourth-order valence-electron chi connectivity index (χ4n) is 10.0. The molecule has 0 unspecified atom stereocenters. The van der Waals surface area contributed by atoms with E-state index in [1.807, 2.05) is 11.8 Å². The second-order valence-electron chi connectivity index (χ2n) is 19.2. The molecule has 0 saturated carbocycles. The third-order valence-corrected chi connectivity index (χ3v) is 19.5. The summed E-state index contributed by atoms with van der Waals surface area (Å²) in [6.07, 6.45) is -13.1. The number of anilines is 1. The number of alkyl halides is 15. The van der Waals surface area contributed by atoms with Crippen LogP contribution in [0.3, 0.4) is 0 Å². The SMILES string of the molecule is CN1/C(=C/C=C2\CCCC(/C=C/C3=[N+](C)c4ccc5ccccc5c4C3(C)C)=C2Sc2ccccc2)C(C)(C)c2c1ccc1ccccc21.FC(F)(F)C(F)(F)[P-](F)(F)(F)(C(F)(F)C(F)(F)F)C(F)(F)C(F)(F)F. The summed E-state index contributed by atoms with van der Waals surface area (Å²) in [7, 11) is 4.46. The van der Waals surface area contributed by atoms with E-state index in [1.165, 1.54) is 76.4 Å². The molecular weight excluding hydrogens is 1060 g/mol. The summed E-state index contributed by atoms with van der Waals surface area (Å²) in [6, 6.07) is 37.7. The van der Waals surface area contributed by atoms with Gasteiger partial charge in [-0.3, -0.25) is 0 Å². The summed E-state index contributed by atoms with van der Waals surface area (Å²) in [5.74, 6) is 0. The summed E-state index contributed by atoms with van der Waals surface area (Å²) in [4.78, 5) is 5.09. The first-order chi connectivity index (χ1) is 33.7. The van der Waals surface area contributed by atoms with Crippen molar-refractivity contribution in [2.45, 2.75) is 98.2 Å². The number of fused-ring (bicyclic) bond motifs is 6. The molecule has 2 heterocycles. The Balaban J connectivity index is 0.000000273. The van der Waals surface area contributed by atoms with Gasteiger partial charge >= 0.3 is 121 Å². The molecule has 2 aliphatic heterocycles. The molecule has 0 radical (unpaired) electrons. The van der Waals surface area contributed by atoms with E-state index in [-0.39, 0.29) is 10.8 Å². The zero-order valence-corrected chi connectivity index (χ0v) is 41.5. The molecule has 0 amide bonds. The van der Waals surface area contributed by atoms with Crippen molar-refractivity contribution in [2.24, 2.45) is 0 Å². The van der Waals surface area contributed by atoms with Crippen molar-refractivity contribution in [2.75, 3.05) is 19.0 Å². The van der Waals surface area contributed by atoms with E-state index in [9.17, 15) is 78.4 Å². The minimum absolute atomic E-state index is 0.107. The van der Waals surface area contributed by atoms with Gasteiger partial charge in [0.15, 0.2) is 5.71 Å². The molecule has 0 spiro atoms. The quantitative estimate of drug-likeness (QED) is 0.0868. The molecule has 74 heavy (non-hydrogen) atoms. The van der Waals surface area contributed by atoms with Gasteiger partial charge < -0.3 is 4.90 Å². The van der Waals surface area contributed by atoms with Gasteiger partial charge in [-0.25, -0.2) is 0 Å². The summed E-state index contributed by atoms with van der Waals surface area (Å²) in [5.41, 5.74) is -18.5. The Labute approximate surface area is 416 Å². The first-order valence-corrected chi connectivity index (χ1v) is 25.5. The maximum atomic E-state index is 13.4. The average molecular weight is 1100 g/mol. The topological polar surface area (TPSA) is 6.25 Å². The average Bonchev–Trinajstić information content (AvgIpc) is 3.63. The van der Waals surface area contributed by atoms with Crippen LogP contribution in [0.2, 0.25) is 0 Å². The minimum atomic E-state index is -15.0. The van der Waals surface area contributed by atoms with E-state index in [4.69, 9.17) is 0 Å². The third-order valence-electron chi connectivity index (χ3n) is 13.9. The van der Waals surface area contributed by atoms with Crippen molar-refractivity contribution >= 4 is 57.3 Å². The van der Waals surface area contributed by atoms with Crippen molar-refractivity contribution in [3.63, 3.8) is 0 Å². The molecule has 8 rings (SSSR count). The summed E-state index contributed by atoms with van der Waals surface area (Å²) in [6.45, 7) is -5.47. The van der Waals surface area contributed by atoms with Crippen LogP contribution in [0, 0.1) is 0 Å². The van der Waals surface area contributed by atoms with Gasteiger partial charge in [-0.05, 0) is 102 Å². The Morgan fingerprint density at radius 3 is 1.54 bits per heavy atom. The predicted octanol–water partition coefficient (Wildman–Crippen LogP) is 19.2. The van der Waals surface area contributed by atoms with Gasteiger partial charge in [0.2, 0.25) is 5.69 Å². The first-order valence-electron chi connectivity index (χ1n) is 22.4. The van der Waals surface area contributed by atoms with Crippen molar-refractivity contribution in [3.8, 4) is 0 Å². The van der Waals surface area contributed by atoms with Crippen LogP contribution in [0.15, 0.2) is 154 Å². The van der Waals surface area contributed by atoms with Gasteiger partial charge in [0.05, 0.1) is 5.41 Å². The van der Waals surface area contributed by atoms with Crippen LogP contribution in [0.5, 0.6) is 0 Å². The van der Waals surface area contributed by atoms with Gasteiger partial charge in [0.25, 0.3) is 0 Å². The molecule has 2 nitrogen and oxygen atoms in total. The molecule has 5 aromatic carbocycles. The summed E-state index contributed by atoms with van der Waals surface area (Å²) >= 11 is 1.92. The molecule has 1 aliphatic carbocycles. The number of hydrogen-bond donors (Lipinski definition) is 0. The molecule has 5 aromatic rings. The molecule has 400 valence electrons. The van der Waals surface area contributed by atoms with Crippen molar-refractivity contribution in [3.05, 3.63) is 160 Å². The standard InChI is InChI=1S/C46H45N2S.C6F18P/c1-45(2)40(47(5)38-27-23-31-15-10-12-21-36(31)42(38)45)29-25-33-17-14-18-34(44(33)49-35-19-8-7-9-20-35)26-30-41-46(3,4)43-37-22-13-11-16-32(37)24-28-39(43)48(41)6;7-1(8,9)4(16,17)25(22,23,24,5(18,19)2(10,11)12)6(20,21)3(13,14)15/h7-13,15-16,19-30H,14,17-18H2,1-6H3;/q+1;-1. The van der Waals surface area contributed by atoms with Crippen LogP contribution in [-0.2, 0) is 10.8 Å². The van der Waals surface area contributed by atoms with Crippen LogP contribution in [0.25, 0.3) is 21.5 Å². The molecule has 3 aliphatic rings. The fraction of sp³-hybridized carbons (Fsp3) is 0.327. The van der Waals surface area contributed by atoms with Crippen LogP contribution in [0.1, 0.15) is 58.1 Å². The van der Waals surface area contributed by atoms with E-state index in [2.05, 4.69) is 179 Å². The van der Waals surface area contributed by atoms with E-state index < -0.39 is 42.4 Å². The van der Waals surface area contributed by atoms with Crippen LogP contribution < -0.4 is 4.90 Å². The number of nitrogens with zero attached hydrogens (tertiary/aromatic N) is 2. The zero-order valence-electron chi connectivity index (χ0n) is 39.8. The van der Waals surface area contributed by atoms with Crippen LogP contribution in [-0.4, -0.2) is 59.9 Å². The van der Waals surface area contributed by atoms with E-state index >= 15 is 0 Å². The Morgan fingerprint density at radius 2 is 1.03 bits per heavy atom. The number of allylic oxidation sites excluding steroid dienone is 7. The van der Waals surface area contributed by atoms with Gasteiger partial charge in [0, 0.05) is 51.4 Å². The Hall–Kier alpha value is -5.43. The van der Waals surface area contributed by atoms with Crippen molar-refractivity contribution in [1.29, 1.82) is 0 Å². The molecule has 22 heteroatoms. The Morgan fingerprint density at radius 1 is 0.554 bits per heavy atom. The molecule has 0 aromatic heterocycles. The predicted molar refractivity (Wildman–Crippen MR) is 255 cm³/mol. The number of hydrogen-bond acceptors (Lipinski definition) is 2.